The average Bonchev–Trinajstić information content (AvgIpc) is 2.58. The molecular formula is C12H9N3. The second-order valence-corrected chi connectivity index (χ2v) is 3.53. The first kappa shape index (κ1) is 9.30. The lowest BCUT2D eigenvalue weighted by Crippen LogP contribution is -1.94. The molecular weight excluding hydrogens is 186 g/mol. The second-order valence-electron chi connectivity index (χ2n) is 3.53. The lowest BCUT2D eigenvalue weighted by molar-refractivity contribution is 0.966. The third-order valence-electron chi connectivity index (χ3n) is 2.58. The van der Waals surface area contributed by atoms with E-state index in [1.165, 1.54) is 0 Å². The highest BCUT2D eigenvalue weighted by Gasteiger charge is 2.12. The molecule has 0 saturated heterocycles. The maximum absolute atomic E-state index is 9.10. The fourth-order valence-electron chi connectivity index (χ4n) is 1.86. The molecule has 0 radical (unpaired) electrons. The number of hydrogen-bond donors (Lipinski definition) is 0. The smallest absolute Gasteiger partial charge is 0.103 e. The summed E-state index contributed by atoms with van der Waals surface area (Å²) in [7, 11) is 1.87. The van der Waals surface area contributed by atoms with E-state index >= 15 is 0 Å². The number of aromatic nitrogens is 1. The Morgan fingerprint density at radius 3 is 2.47 bits per heavy atom. The van der Waals surface area contributed by atoms with Gasteiger partial charge < -0.3 is 4.57 Å². The standard InChI is InChI=1S/C12H9N3/c1-8-5-9-3-4-15(2)12(9)11(7-14)10(8)6-13/h3-5H,1-2H3. The number of fused-ring (bicyclic) bond motifs is 1. The second kappa shape index (κ2) is 3.15. The molecule has 0 unspecified atom stereocenters. The van der Waals surface area contributed by atoms with Gasteiger partial charge in [0.15, 0.2) is 0 Å². The summed E-state index contributed by atoms with van der Waals surface area (Å²) in [6.45, 7) is 1.85. The quantitative estimate of drug-likeness (QED) is 0.647. The van der Waals surface area contributed by atoms with Crippen molar-refractivity contribution in [1.29, 1.82) is 10.5 Å². The molecule has 3 heteroatoms. The van der Waals surface area contributed by atoms with E-state index in [0.717, 1.165) is 16.5 Å². The molecule has 2 rings (SSSR count). The van der Waals surface area contributed by atoms with Crippen molar-refractivity contribution in [2.45, 2.75) is 6.92 Å². The van der Waals surface area contributed by atoms with Crippen LogP contribution in [-0.2, 0) is 7.05 Å². The summed E-state index contributed by atoms with van der Waals surface area (Å²) >= 11 is 0. The fourth-order valence-corrected chi connectivity index (χ4v) is 1.86. The molecule has 15 heavy (non-hydrogen) atoms. The lowest BCUT2D eigenvalue weighted by Gasteiger charge is -2.04. The molecule has 0 aliphatic carbocycles. The molecule has 0 amide bonds. The van der Waals surface area contributed by atoms with Crippen LogP contribution in [0.3, 0.4) is 0 Å². The minimum Gasteiger partial charge on any atom is -0.349 e. The maximum atomic E-state index is 9.10. The Morgan fingerprint density at radius 2 is 1.87 bits per heavy atom. The van der Waals surface area contributed by atoms with Gasteiger partial charge in [-0.15, -0.1) is 0 Å². The van der Waals surface area contributed by atoms with Gasteiger partial charge in [0.2, 0.25) is 0 Å². The van der Waals surface area contributed by atoms with E-state index in [0.29, 0.717) is 11.1 Å². The molecule has 0 fully saturated rings. The topological polar surface area (TPSA) is 52.5 Å². The number of aryl methyl sites for hydroxylation is 2. The van der Waals surface area contributed by atoms with Gasteiger partial charge in [-0.1, -0.05) is 0 Å². The zero-order valence-corrected chi connectivity index (χ0v) is 8.57. The van der Waals surface area contributed by atoms with Gasteiger partial charge >= 0.3 is 0 Å². The molecule has 1 aromatic heterocycles. The highest BCUT2D eigenvalue weighted by atomic mass is 14.9. The summed E-state index contributed by atoms with van der Waals surface area (Å²) in [5.74, 6) is 0. The molecule has 0 saturated carbocycles. The third-order valence-corrected chi connectivity index (χ3v) is 2.58. The number of nitriles is 2. The van der Waals surface area contributed by atoms with Gasteiger partial charge in [0.05, 0.1) is 16.6 Å². The maximum Gasteiger partial charge on any atom is 0.103 e. The zero-order chi connectivity index (χ0) is 11.0. The first-order valence-electron chi connectivity index (χ1n) is 4.58. The number of nitrogens with zero attached hydrogens (tertiary/aromatic N) is 3. The first-order chi connectivity index (χ1) is 7.19. The summed E-state index contributed by atoms with van der Waals surface area (Å²) in [6, 6.07) is 8.09. The molecule has 0 N–H and O–H groups in total. The van der Waals surface area contributed by atoms with Crippen LogP contribution in [0.2, 0.25) is 0 Å². The summed E-state index contributed by atoms with van der Waals surface area (Å²) in [5.41, 5.74) is 2.64. The first-order valence-corrected chi connectivity index (χ1v) is 4.58. The summed E-state index contributed by atoms with van der Waals surface area (Å²) in [5, 5.41) is 19.1. The van der Waals surface area contributed by atoms with E-state index in [-0.39, 0.29) is 0 Å². The summed E-state index contributed by atoms with van der Waals surface area (Å²) in [4.78, 5) is 0. The predicted octanol–water partition coefficient (Wildman–Crippen LogP) is 2.23. The Hall–Kier alpha value is -2.26. The number of benzene rings is 1. The van der Waals surface area contributed by atoms with Crippen molar-refractivity contribution >= 4 is 10.9 Å². The van der Waals surface area contributed by atoms with Crippen LogP contribution in [0.4, 0.5) is 0 Å². The Kier molecular flexibility index (Phi) is 1.95. The van der Waals surface area contributed by atoms with Gasteiger partial charge in [-0.25, -0.2) is 0 Å². The van der Waals surface area contributed by atoms with Crippen molar-refractivity contribution in [2.24, 2.45) is 7.05 Å². The van der Waals surface area contributed by atoms with Crippen LogP contribution in [0.5, 0.6) is 0 Å². The van der Waals surface area contributed by atoms with Gasteiger partial charge in [-0.3, -0.25) is 0 Å². The van der Waals surface area contributed by atoms with Crippen molar-refractivity contribution in [3.8, 4) is 12.1 Å². The van der Waals surface area contributed by atoms with Gasteiger partial charge in [0.25, 0.3) is 0 Å². The predicted molar refractivity (Wildman–Crippen MR) is 57.1 cm³/mol. The monoisotopic (exact) mass is 195 g/mol. The van der Waals surface area contributed by atoms with Crippen molar-refractivity contribution in [1.82, 2.24) is 4.57 Å². The SMILES string of the molecule is Cc1cc2ccn(C)c2c(C#N)c1C#N. The minimum atomic E-state index is 0.472. The molecule has 0 spiro atoms. The molecule has 1 aromatic carbocycles. The normalized spacial score (nSPS) is 9.87. The molecule has 72 valence electrons. The Bertz CT molecular complexity index is 621. The van der Waals surface area contributed by atoms with Crippen LogP contribution < -0.4 is 0 Å². The minimum absolute atomic E-state index is 0.472. The van der Waals surface area contributed by atoms with Crippen LogP contribution in [0.25, 0.3) is 10.9 Å². The molecule has 0 aliphatic heterocycles. The van der Waals surface area contributed by atoms with Crippen molar-refractivity contribution < 1.29 is 0 Å². The molecule has 2 aromatic rings. The number of rotatable bonds is 0. The van der Waals surface area contributed by atoms with Crippen LogP contribution >= 0.6 is 0 Å². The van der Waals surface area contributed by atoms with Crippen LogP contribution in [0.1, 0.15) is 16.7 Å². The molecule has 0 bridgehead atoms. The third kappa shape index (κ3) is 1.18. The van der Waals surface area contributed by atoms with Gasteiger partial charge in [0.1, 0.15) is 12.1 Å². The largest absolute Gasteiger partial charge is 0.349 e. The zero-order valence-electron chi connectivity index (χ0n) is 8.57. The molecule has 0 aliphatic rings. The van der Waals surface area contributed by atoms with Gasteiger partial charge in [0, 0.05) is 18.6 Å². The highest BCUT2D eigenvalue weighted by Crippen LogP contribution is 2.25. The van der Waals surface area contributed by atoms with E-state index < -0.39 is 0 Å². The van der Waals surface area contributed by atoms with Crippen LogP contribution in [0, 0.1) is 29.6 Å². The average molecular weight is 195 g/mol. The lowest BCUT2D eigenvalue weighted by atomic mass is 10.0. The van der Waals surface area contributed by atoms with E-state index in [1.54, 1.807) is 0 Å². The number of hydrogen-bond acceptors (Lipinski definition) is 2. The highest BCUT2D eigenvalue weighted by molar-refractivity contribution is 5.89. The van der Waals surface area contributed by atoms with Gasteiger partial charge in [-0.2, -0.15) is 10.5 Å². The Morgan fingerprint density at radius 1 is 1.20 bits per heavy atom. The van der Waals surface area contributed by atoms with E-state index in [9.17, 15) is 0 Å². The fraction of sp³-hybridized carbons (Fsp3) is 0.167. The van der Waals surface area contributed by atoms with Gasteiger partial charge in [-0.05, 0) is 24.6 Å². The molecule has 1 heterocycles. The van der Waals surface area contributed by atoms with Crippen molar-refractivity contribution in [3.63, 3.8) is 0 Å². The molecule has 0 atom stereocenters. The van der Waals surface area contributed by atoms with E-state index in [4.69, 9.17) is 10.5 Å². The Labute approximate surface area is 87.8 Å². The van der Waals surface area contributed by atoms with Crippen molar-refractivity contribution in [2.75, 3.05) is 0 Å². The summed E-state index contributed by atoms with van der Waals surface area (Å²) < 4.78 is 1.87. The van der Waals surface area contributed by atoms with E-state index in [1.807, 2.05) is 36.9 Å². The molecule has 3 nitrogen and oxygen atoms in total. The Balaban J connectivity index is 3.05. The van der Waals surface area contributed by atoms with Crippen molar-refractivity contribution in [3.05, 3.63) is 35.0 Å². The van der Waals surface area contributed by atoms with E-state index in [2.05, 4.69) is 12.1 Å². The van der Waals surface area contributed by atoms with Crippen LogP contribution in [0.15, 0.2) is 18.3 Å². The van der Waals surface area contributed by atoms with Crippen LogP contribution in [-0.4, -0.2) is 4.57 Å². The summed E-state index contributed by atoms with van der Waals surface area (Å²) in [6.07, 6.45) is 1.89.